The zero-order valence-electron chi connectivity index (χ0n) is 15.4. The van der Waals surface area contributed by atoms with Gasteiger partial charge < -0.3 is 20.0 Å². The third-order valence-corrected chi connectivity index (χ3v) is 4.14. The van der Waals surface area contributed by atoms with Crippen LogP contribution in [0.4, 0.5) is 11.5 Å². The Balaban J connectivity index is 1.88. The number of benzene rings is 1. The number of carbonyl (C=O) groups is 1. The lowest BCUT2D eigenvalue weighted by Crippen LogP contribution is -2.16. The Bertz CT molecular complexity index is 1010. The highest BCUT2D eigenvalue weighted by molar-refractivity contribution is 6.04. The molecule has 3 aromatic rings. The highest BCUT2D eigenvalue weighted by Crippen LogP contribution is 2.20. The van der Waals surface area contributed by atoms with Gasteiger partial charge in [0, 0.05) is 5.69 Å². The van der Waals surface area contributed by atoms with Crippen LogP contribution in [-0.4, -0.2) is 25.8 Å². The number of hydrogen-bond acceptors (Lipinski definition) is 6. The predicted molar refractivity (Wildman–Crippen MR) is 97.8 cm³/mol. The molecule has 0 atom stereocenters. The van der Waals surface area contributed by atoms with Crippen LogP contribution in [0.2, 0.25) is 0 Å². The molecule has 0 aliphatic rings. The first-order chi connectivity index (χ1) is 12.7. The van der Waals surface area contributed by atoms with Crippen molar-refractivity contribution in [2.24, 2.45) is 0 Å². The SMILES string of the molecule is Cc1cc(C)cc(NC(=O)c2noc(C)c2Cn2nc([N+](=O)[O-])cc2C)c1. The Morgan fingerprint density at radius 2 is 1.85 bits per heavy atom. The van der Waals surface area contributed by atoms with Gasteiger partial charge in [0.05, 0.1) is 29.0 Å². The van der Waals surface area contributed by atoms with Gasteiger partial charge in [0.2, 0.25) is 0 Å². The molecule has 0 saturated carbocycles. The Kier molecular flexibility index (Phi) is 4.76. The molecule has 0 spiro atoms. The van der Waals surface area contributed by atoms with Crippen molar-refractivity contribution in [3.05, 3.63) is 68.2 Å². The zero-order valence-corrected chi connectivity index (χ0v) is 15.4. The van der Waals surface area contributed by atoms with Crippen molar-refractivity contribution in [2.45, 2.75) is 34.2 Å². The van der Waals surface area contributed by atoms with Crippen molar-refractivity contribution in [3.63, 3.8) is 0 Å². The summed E-state index contributed by atoms with van der Waals surface area (Å²) in [6, 6.07) is 7.10. The topological polar surface area (TPSA) is 116 Å². The maximum absolute atomic E-state index is 12.7. The van der Waals surface area contributed by atoms with Crippen LogP contribution in [0.1, 0.15) is 38.6 Å². The van der Waals surface area contributed by atoms with Crippen LogP contribution >= 0.6 is 0 Å². The lowest BCUT2D eigenvalue weighted by Gasteiger charge is -2.07. The summed E-state index contributed by atoms with van der Waals surface area (Å²) in [5.74, 6) is -0.202. The summed E-state index contributed by atoms with van der Waals surface area (Å²) in [5, 5.41) is 21.5. The van der Waals surface area contributed by atoms with Crippen molar-refractivity contribution in [1.29, 1.82) is 0 Å². The Morgan fingerprint density at radius 1 is 1.19 bits per heavy atom. The number of nitro groups is 1. The molecule has 0 saturated heterocycles. The zero-order chi connectivity index (χ0) is 19.7. The molecular formula is C18H19N5O4. The van der Waals surface area contributed by atoms with E-state index in [4.69, 9.17) is 4.52 Å². The van der Waals surface area contributed by atoms with Gasteiger partial charge in [-0.15, -0.1) is 0 Å². The number of aryl methyl sites for hydroxylation is 4. The highest BCUT2D eigenvalue weighted by Gasteiger charge is 2.24. The molecule has 0 aliphatic heterocycles. The molecule has 0 unspecified atom stereocenters. The molecule has 3 rings (SSSR count). The van der Waals surface area contributed by atoms with Crippen LogP contribution in [0.3, 0.4) is 0 Å². The van der Waals surface area contributed by atoms with Crippen LogP contribution in [0, 0.1) is 37.8 Å². The van der Waals surface area contributed by atoms with E-state index in [0.29, 0.717) is 22.7 Å². The maximum Gasteiger partial charge on any atom is 0.390 e. The van der Waals surface area contributed by atoms with Gasteiger partial charge in [-0.2, -0.15) is 4.68 Å². The molecule has 1 N–H and O–H groups in total. The summed E-state index contributed by atoms with van der Waals surface area (Å²) in [5.41, 5.74) is 3.97. The van der Waals surface area contributed by atoms with Crippen LogP contribution in [0.25, 0.3) is 0 Å². The number of nitrogens with zero attached hydrogens (tertiary/aromatic N) is 4. The quantitative estimate of drug-likeness (QED) is 0.545. The monoisotopic (exact) mass is 369 g/mol. The second kappa shape index (κ2) is 7.02. The molecule has 9 heteroatoms. The summed E-state index contributed by atoms with van der Waals surface area (Å²) in [4.78, 5) is 23.0. The summed E-state index contributed by atoms with van der Waals surface area (Å²) < 4.78 is 6.63. The fourth-order valence-electron chi connectivity index (χ4n) is 2.88. The summed E-state index contributed by atoms with van der Waals surface area (Å²) in [7, 11) is 0. The molecule has 9 nitrogen and oxygen atoms in total. The van der Waals surface area contributed by atoms with E-state index in [1.807, 2.05) is 32.0 Å². The Hall–Kier alpha value is -3.49. The van der Waals surface area contributed by atoms with Gasteiger partial charge >= 0.3 is 5.82 Å². The first-order valence-corrected chi connectivity index (χ1v) is 8.28. The number of amides is 1. The number of nitrogens with one attached hydrogen (secondary N) is 1. The molecular weight excluding hydrogens is 350 g/mol. The van der Waals surface area contributed by atoms with Gasteiger partial charge in [-0.05, 0) is 55.9 Å². The number of rotatable bonds is 5. The smallest absolute Gasteiger partial charge is 0.361 e. The van der Waals surface area contributed by atoms with E-state index in [-0.39, 0.29) is 18.1 Å². The van der Waals surface area contributed by atoms with Crippen LogP contribution in [0.5, 0.6) is 0 Å². The second-order valence-corrected chi connectivity index (χ2v) is 6.46. The molecule has 27 heavy (non-hydrogen) atoms. The average Bonchev–Trinajstić information content (AvgIpc) is 3.11. The molecule has 140 valence electrons. The van der Waals surface area contributed by atoms with Gasteiger partial charge in [0.25, 0.3) is 5.91 Å². The second-order valence-electron chi connectivity index (χ2n) is 6.46. The van der Waals surface area contributed by atoms with Crippen LogP contribution in [0.15, 0.2) is 28.8 Å². The van der Waals surface area contributed by atoms with E-state index >= 15 is 0 Å². The van der Waals surface area contributed by atoms with Crippen molar-refractivity contribution in [3.8, 4) is 0 Å². The maximum atomic E-state index is 12.7. The molecule has 0 fully saturated rings. The minimum Gasteiger partial charge on any atom is -0.361 e. The largest absolute Gasteiger partial charge is 0.390 e. The lowest BCUT2D eigenvalue weighted by atomic mass is 10.1. The fraction of sp³-hybridized carbons (Fsp3) is 0.278. The minimum atomic E-state index is -0.558. The Morgan fingerprint density at radius 3 is 2.44 bits per heavy atom. The average molecular weight is 369 g/mol. The first-order valence-electron chi connectivity index (χ1n) is 8.28. The summed E-state index contributed by atoms with van der Waals surface area (Å²) in [6.07, 6.45) is 0. The normalized spacial score (nSPS) is 10.8. The van der Waals surface area contributed by atoms with Crippen LogP contribution < -0.4 is 5.32 Å². The number of aromatic nitrogens is 3. The third-order valence-electron chi connectivity index (χ3n) is 4.14. The van der Waals surface area contributed by atoms with E-state index in [9.17, 15) is 14.9 Å². The van der Waals surface area contributed by atoms with E-state index in [1.165, 1.54) is 10.7 Å². The van der Waals surface area contributed by atoms with E-state index < -0.39 is 10.8 Å². The van der Waals surface area contributed by atoms with Gasteiger partial charge in [0.1, 0.15) is 5.76 Å². The lowest BCUT2D eigenvalue weighted by molar-refractivity contribution is -0.389. The van der Waals surface area contributed by atoms with Crippen molar-refractivity contribution in [2.75, 3.05) is 5.32 Å². The highest BCUT2D eigenvalue weighted by atomic mass is 16.6. The summed E-state index contributed by atoms with van der Waals surface area (Å²) in [6.45, 7) is 7.43. The predicted octanol–water partition coefficient (Wildman–Crippen LogP) is 3.31. The first kappa shape index (κ1) is 18.3. The van der Waals surface area contributed by atoms with Crippen molar-refractivity contribution >= 4 is 17.4 Å². The minimum absolute atomic E-state index is 0.129. The fourth-order valence-corrected chi connectivity index (χ4v) is 2.88. The van der Waals surface area contributed by atoms with Crippen molar-refractivity contribution < 1.29 is 14.2 Å². The molecule has 0 bridgehead atoms. The molecule has 1 amide bonds. The molecule has 2 aromatic heterocycles. The Labute approximate surface area is 155 Å². The van der Waals surface area contributed by atoms with Gasteiger partial charge in [-0.3, -0.25) is 4.79 Å². The van der Waals surface area contributed by atoms with E-state index in [0.717, 1.165) is 11.1 Å². The van der Waals surface area contributed by atoms with E-state index in [1.54, 1.807) is 13.8 Å². The standard InChI is InChI=1S/C18H19N5O4/c1-10-5-11(2)7-14(6-10)19-18(24)17-15(13(4)27-21-17)9-22-12(3)8-16(20-22)23(25)26/h5-8H,9H2,1-4H3,(H,19,24). The molecule has 1 aromatic carbocycles. The van der Waals surface area contributed by atoms with Crippen molar-refractivity contribution in [1.82, 2.24) is 14.9 Å². The molecule has 0 aliphatic carbocycles. The van der Waals surface area contributed by atoms with Gasteiger partial charge in [0.15, 0.2) is 5.69 Å². The van der Waals surface area contributed by atoms with E-state index in [2.05, 4.69) is 15.6 Å². The molecule has 2 heterocycles. The van der Waals surface area contributed by atoms with Gasteiger partial charge in [-0.25, -0.2) is 0 Å². The number of carbonyl (C=O) groups excluding carboxylic acids is 1. The summed E-state index contributed by atoms with van der Waals surface area (Å²) >= 11 is 0. The molecule has 0 radical (unpaired) electrons. The third kappa shape index (κ3) is 3.86. The van der Waals surface area contributed by atoms with Crippen LogP contribution in [-0.2, 0) is 6.54 Å². The van der Waals surface area contributed by atoms with Gasteiger partial charge in [-0.1, -0.05) is 11.2 Å². The number of hydrogen-bond donors (Lipinski definition) is 1. The number of anilines is 1.